The molecule has 0 unspecified atom stereocenters. The molecule has 0 bridgehead atoms. The van der Waals surface area contributed by atoms with Crippen LogP contribution in [0.1, 0.15) is 6.92 Å². The number of nitrogens with one attached hydrogen (secondary N) is 4. The number of fused-ring (bicyclic) bond motifs is 2. The van der Waals surface area contributed by atoms with Crippen LogP contribution in [-0.2, 0) is 0 Å². The maximum absolute atomic E-state index is 14.6. The monoisotopic (exact) mass is 415 g/mol. The molecule has 4 heterocycles. The van der Waals surface area contributed by atoms with Crippen molar-refractivity contribution in [2.75, 3.05) is 11.9 Å². The molecule has 0 aliphatic heterocycles. The van der Waals surface area contributed by atoms with Crippen molar-refractivity contribution in [3.8, 4) is 22.4 Å². The highest BCUT2D eigenvalue weighted by Gasteiger charge is 2.17. The summed E-state index contributed by atoms with van der Waals surface area (Å²) in [5.41, 5.74) is 4.30. The number of H-pyrrole nitrogens is 2. The van der Waals surface area contributed by atoms with Crippen LogP contribution in [0.15, 0.2) is 55.0 Å². The number of halogens is 1. The lowest BCUT2D eigenvalue weighted by atomic mass is 10.00. The molecule has 0 radical (unpaired) electrons. The number of hydrogen-bond acceptors (Lipinski definition) is 4. The van der Waals surface area contributed by atoms with Gasteiger partial charge in [-0.05, 0) is 48.9 Å². The lowest BCUT2D eigenvalue weighted by Gasteiger charge is -2.08. The highest BCUT2D eigenvalue weighted by Crippen LogP contribution is 2.34. The van der Waals surface area contributed by atoms with E-state index in [0.29, 0.717) is 23.1 Å². The molecule has 5 rings (SSSR count). The van der Waals surface area contributed by atoms with E-state index >= 15 is 0 Å². The van der Waals surface area contributed by atoms with E-state index in [-0.39, 0.29) is 17.7 Å². The summed E-state index contributed by atoms with van der Waals surface area (Å²) in [4.78, 5) is 31.2. The predicted octanol–water partition coefficient (Wildman–Crippen LogP) is 4.45. The number of imidazole rings is 1. The van der Waals surface area contributed by atoms with Crippen molar-refractivity contribution >= 4 is 34.0 Å². The van der Waals surface area contributed by atoms with Gasteiger partial charge in [-0.25, -0.2) is 19.2 Å². The van der Waals surface area contributed by atoms with Gasteiger partial charge in [-0.1, -0.05) is 0 Å². The van der Waals surface area contributed by atoms with E-state index in [0.717, 1.165) is 22.2 Å². The maximum Gasteiger partial charge on any atom is 0.321 e. The number of urea groups is 1. The fraction of sp³-hybridized carbons (Fsp3) is 0.0909. The summed E-state index contributed by atoms with van der Waals surface area (Å²) in [6, 6.07) is 10.2. The molecule has 4 N–H and O–H groups in total. The quantitative estimate of drug-likeness (QED) is 0.347. The Kier molecular flexibility index (Phi) is 4.55. The second kappa shape index (κ2) is 7.52. The van der Waals surface area contributed by atoms with Gasteiger partial charge in [-0.15, -0.1) is 0 Å². The lowest BCUT2D eigenvalue weighted by molar-refractivity contribution is 0.252. The molecule has 5 aromatic rings. The summed E-state index contributed by atoms with van der Waals surface area (Å²) in [7, 11) is 0. The average molecular weight is 415 g/mol. The van der Waals surface area contributed by atoms with Crippen molar-refractivity contribution in [3.63, 3.8) is 0 Å². The Hall–Kier alpha value is -4.27. The molecule has 9 heteroatoms. The zero-order chi connectivity index (χ0) is 21.4. The van der Waals surface area contributed by atoms with Gasteiger partial charge < -0.3 is 15.3 Å². The first-order valence-electron chi connectivity index (χ1n) is 9.75. The normalized spacial score (nSPS) is 11.2. The van der Waals surface area contributed by atoms with Gasteiger partial charge in [0.1, 0.15) is 22.7 Å². The Bertz CT molecular complexity index is 1420. The number of aromatic amines is 2. The lowest BCUT2D eigenvalue weighted by Crippen LogP contribution is -2.28. The van der Waals surface area contributed by atoms with Crippen LogP contribution in [-0.4, -0.2) is 37.5 Å². The maximum atomic E-state index is 14.6. The van der Waals surface area contributed by atoms with Crippen LogP contribution < -0.4 is 10.6 Å². The third kappa shape index (κ3) is 3.46. The predicted molar refractivity (Wildman–Crippen MR) is 117 cm³/mol. The Morgan fingerprint density at radius 3 is 2.90 bits per heavy atom. The molecular weight excluding hydrogens is 397 g/mol. The molecule has 4 aromatic heterocycles. The average Bonchev–Trinajstić information content (AvgIpc) is 3.39. The summed E-state index contributed by atoms with van der Waals surface area (Å²) in [5.74, 6) is -0.198. The highest BCUT2D eigenvalue weighted by molar-refractivity contribution is 5.98. The molecule has 8 nitrogen and oxygen atoms in total. The topological polar surface area (TPSA) is 111 Å². The molecule has 1 aromatic carbocycles. The van der Waals surface area contributed by atoms with Crippen molar-refractivity contribution in [2.45, 2.75) is 6.92 Å². The molecule has 0 fully saturated rings. The third-order valence-corrected chi connectivity index (χ3v) is 4.90. The summed E-state index contributed by atoms with van der Waals surface area (Å²) >= 11 is 0. The van der Waals surface area contributed by atoms with E-state index in [9.17, 15) is 9.18 Å². The number of carbonyl (C=O) groups is 1. The minimum atomic E-state index is -0.457. The zero-order valence-electron chi connectivity index (χ0n) is 16.5. The van der Waals surface area contributed by atoms with Gasteiger partial charge in [0, 0.05) is 41.6 Å². The largest absolute Gasteiger partial charge is 0.346 e. The summed E-state index contributed by atoms with van der Waals surface area (Å²) in [6.45, 7) is 2.30. The molecule has 0 saturated heterocycles. The van der Waals surface area contributed by atoms with Crippen LogP contribution in [0.25, 0.3) is 44.5 Å². The van der Waals surface area contributed by atoms with Gasteiger partial charge in [0.15, 0.2) is 0 Å². The van der Waals surface area contributed by atoms with Gasteiger partial charge in [-0.2, -0.15) is 0 Å². The van der Waals surface area contributed by atoms with Gasteiger partial charge >= 0.3 is 6.03 Å². The second-order valence-electron chi connectivity index (χ2n) is 6.96. The van der Waals surface area contributed by atoms with Crippen molar-refractivity contribution in [3.05, 3.63) is 60.8 Å². The standard InChI is InChI=1S/C22H18FN7O/c1-2-24-22(31)30-21-28-17-10-13(14-8-12-5-7-26-20(12)27-11-14)9-15(19(17)29-21)18-16(23)4-3-6-25-18/h3-11H,2H2,1H3,(H,26,27)(H3,24,28,29,30,31). The van der Waals surface area contributed by atoms with Gasteiger partial charge in [-0.3, -0.25) is 10.3 Å². The van der Waals surface area contributed by atoms with E-state index in [1.165, 1.54) is 18.3 Å². The zero-order valence-corrected chi connectivity index (χ0v) is 16.5. The van der Waals surface area contributed by atoms with Crippen LogP contribution >= 0.6 is 0 Å². The van der Waals surface area contributed by atoms with Crippen LogP contribution in [0.5, 0.6) is 0 Å². The molecule has 2 amide bonds. The number of hydrogen-bond donors (Lipinski definition) is 4. The number of rotatable bonds is 4. The summed E-state index contributed by atoms with van der Waals surface area (Å²) in [6.07, 6.45) is 5.11. The van der Waals surface area contributed by atoms with E-state index < -0.39 is 5.82 Å². The minimum absolute atomic E-state index is 0.182. The Labute approximate surface area is 176 Å². The Morgan fingerprint density at radius 2 is 2.06 bits per heavy atom. The first-order valence-corrected chi connectivity index (χ1v) is 9.75. The van der Waals surface area contributed by atoms with Crippen molar-refractivity contribution < 1.29 is 9.18 Å². The van der Waals surface area contributed by atoms with Crippen LogP contribution in [0.3, 0.4) is 0 Å². The van der Waals surface area contributed by atoms with Crippen LogP contribution in [0.2, 0.25) is 0 Å². The number of benzene rings is 1. The fourth-order valence-corrected chi connectivity index (χ4v) is 3.52. The third-order valence-electron chi connectivity index (χ3n) is 4.90. The van der Waals surface area contributed by atoms with E-state index in [1.54, 1.807) is 6.20 Å². The van der Waals surface area contributed by atoms with Gasteiger partial charge in [0.2, 0.25) is 5.95 Å². The van der Waals surface area contributed by atoms with Crippen LogP contribution in [0, 0.1) is 5.82 Å². The van der Waals surface area contributed by atoms with Crippen molar-refractivity contribution in [2.24, 2.45) is 0 Å². The van der Waals surface area contributed by atoms with E-state index in [2.05, 4.69) is 35.6 Å². The molecular formula is C22H18FN7O. The van der Waals surface area contributed by atoms with Gasteiger partial charge in [0.25, 0.3) is 0 Å². The first-order chi connectivity index (χ1) is 15.1. The molecule has 0 saturated carbocycles. The second-order valence-corrected chi connectivity index (χ2v) is 6.96. The first kappa shape index (κ1) is 18.7. The Balaban J connectivity index is 1.70. The van der Waals surface area contributed by atoms with Crippen molar-refractivity contribution in [1.29, 1.82) is 0 Å². The van der Waals surface area contributed by atoms with Gasteiger partial charge in [0.05, 0.1) is 5.52 Å². The van der Waals surface area contributed by atoms with E-state index in [4.69, 9.17) is 0 Å². The van der Waals surface area contributed by atoms with Crippen LogP contribution in [0.4, 0.5) is 15.1 Å². The molecule has 0 spiro atoms. The molecule has 0 atom stereocenters. The molecule has 154 valence electrons. The van der Waals surface area contributed by atoms with E-state index in [1.807, 2.05) is 37.4 Å². The highest BCUT2D eigenvalue weighted by atomic mass is 19.1. The summed E-state index contributed by atoms with van der Waals surface area (Å²) in [5, 5.41) is 6.27. The number of carbonyl (C=O) groups excluding carboxylic acids is 1. The minimum Gasteiger partial charge on any atom is -0.346 e. The number of aromatic nitrogens is 5. The number of anilines is 1. The number of amides is 2. The molecule has 0 aliphatic carbocycles. The Morgan fingerprint density at radius 1 is 1.16 bits per heavy atom. The molecule has 31 heavy (non-hydrogen) atoms. The molecule has 0 aliphatic rings. The fourth-order valence-electron chi connectivity index (χ4n) is 3.52. The number of nitrogens with zero attached hydrogens (tertiary/aromatic N) is 3. The smallest absolute Gasteiger partial charge is 0.321 e. The SMILES string of the molecule is CCNC(=O)Nc1nc2c(-c3ncccc3F)cc(-c3cnc4[nH]ccc4c3)cc2[nH]1. The number of pyridine rings is 2. The summed E-state index contributed by atoms with van der Waals surface area (Å²) < 4.78 is 14.6. The van der Waals surface area contributed by atoms with Crippen molar-refractivity contribution in [1.82, 2.24) is 30.2 Å².